The van der Waals surface area contributed by atoms with E-state index in [4.69, 9.17) is 4.84 Å². The number of oxime groups is 1. The van der Waals surface area contributed by atoms with Gasteiger partial charge < -0.3 is 4.84 Å². The normalized spacial score (nSPS) is 24.2. The molecular formula is C20H14BrF6NO. The van der Waals surface area contributed by atoms with E-state index in [0.717, 1.165) is 42.2 Å². The van der Waals surface area contributed by atoms with E-state index >= 15 is 0 Å². The number of alkyl halides is 7. The van der Waals surface area contributed by atoms with Crippen molar-refractivity contribution in [1.82, 2.24) is 0 Å². The van der Waals surface area contributed by atoms with Crippen LogP contribution >= 0.6 is 15.9 Å². The molecule has 0 fully saturated rings. The van der Waals surface area contributed by atoms with Gasteiger partial charge in [0.05, 0.1) is 11.3 Å². The Hall–Kier alpha value is -2.03. The van der Waals surface area contributed by atoms with Crippen molar-refractivity contribution >= 4 is 21.6 Å². The Balaban J connectivity index is 1.71. The van der Waals surface area contributed by atoms with E-state index in [1.165, 1.54) is 0 Å². The van der Waals surface area contributed by atoms with Crippen molar-refractivity contribution in [2.45, 2.75) is 42.0 Å². The molecule has 2 unspecified atom stereocenters. The number of nitrogens with zero attached hydrogens (tertiary/aromatic N) is 1. The Labute approximate surface area is 170 Å². The van der Waals surface area contributed by atoms with Crippen molar-refractivity contribution in [1.29, 1.82) is 0 Å². The minimum atomic E-state index is -4.96. The number of benzene rings is 2. The van der Waals surface area contributed by atoms with Gasteiger partial charge in [0.25, 0.3) is 5.60 Å². The minimum absolute atomic E-state index is 0.0561. The number of hydrogen-bond acceptors (Lipinski definition) is 2. The third-order valence-corrected chi connectivity index (χ3v) is 6.27. The van der Waals surface area contributed by atoms with Crippen LogP contribution in [0.2, 0.25) is 0 Å². The molecule has 0 radical (unpaired) electrons. The van der Waals surface area contributed by atoms with Crippen LogP contribution in [0.3, 0.4) is 0 Å². The Kier molecular flexibility index (Phi) is 4.72. The zero-order chi connectivity index (χ0) is 21.0. The maximum Gasteiger partial charge on any atom is 0.435 e. The van der Waals surface area contributed by atoms with Gasteiger partial charge in [-0.25, -0.2) is 0 Å². The van der Waals surface area contributed by atoms with Gasteiger partial charge in [0.15, 0.2) is 0 Å². The Bertz CT molecular complexity index is 984. The zero-order valence-electron chi connectivity index (χ0n) is 14.7. The van der Waals surface area contributed by atoms with Gasteiger partial charge in [-0.15, -0.1) is 0 Å². The number of hydrogen-bond donors (Lipinski definition) is 0. The summed E-state index contributed by atoms with van der Waals surface area (Å²) in [5.41, 5.74) is -2.13. The molecule has 29 heavy (non-hydrogen) atoms. The van der Waals surface area contributed by atoms with Crippen molar-refractivity contribution in [2.24, 2.45) is 5.16 Å². The van der Waals surface area contributed by atoms with Gasteiger partial charge in [-0.1, -0.05) is 45.4 Å². The summed E-state index contributed by atoms with van der Waals surface area (Å²) in [6, 6.07) is 8.40. The molecule has 1 aliphatic carbocycles. The van der Waals surface area contributed by atoms with Crippen LogP contribution in [0.15, 0.2) is 47.6 Å². The fourth-order valence-corrected chi connectivity index (χ4v) is 4.43. The predicted molar refractivity (Wildman–Crippen MR) is 97.8 cm³/mol. The van der Waals surface area contributed by atoms with E-state index in [1.54, 1.807) is 12.1 Å². The van der Waals surface area contributed by atoms with Crippen molar-refractivity contribution in [3.8, 4) is 0 Å². The zero-order valence-corrected chi connectivity index (χ0v) is 16.3. The highest BCUT2D eigenvalue weighted by molar-refractivity contribution is 9.09. The van der Waals surface area contributed by atoms with Gasteiger partial charge in [0.1, 0.15) is 0 Å². The van der Waals surface area contributed by atoms with Crippen LogP contribution in [0.4, 0.5) is 26.3 Å². The molecular weight excluding hydrogens is 464 g/mol. The Morgan fingerprint density at radius 1 is 1.03 bits per heavy atom. The SMILES string of the molecule is FC(F)(F)c1cccc(C2(C(F)(F)F)CC(c3ccc4c(c3)CCC4Br)=NO2)c1. The van der Waals surface area contributed by atoms with Crippen molar-refractivity contribution in [3.05, 3.63) is 70.3 Å². The van der Waals surface area contributed by atoms with E-state index in [2.05, 4.69) is 21.1 Å². The molecule has 4 rings (SSSR count). The smallest absolute Gasteiger partial charge is 0.374 e. The molecule has 1 heterocycles. The average Bonchev–Trinajstić information content (AvgIpc) is 3.26. The summed E-state index contributed by atoms with van der Waals surface area (Å²) in [7, 11) is 0. The molecule has 2 aromatic rings. The number of halogens is 7. The summed E-state index contributed by atoms with van der Waals surface area (Å²) < 4.78 is 81.1. The van der Waals surface area contributed by atoms with Crippen LogP contribution in [-0.2, 0) is 23.0 Å². The monoisotopic (exact) mass is 477 g/mol. The highest BCUT2D eigenvalue weighted by atomic mass is 79.9. The molecule has 0 saturated carbocycles. The molecule has 0 aromatic heterocycles. The second-order valence-corrected chi connectivity index (χ2v) is 8.23. The summed E-state index contributed by atoms with van der Waals surface area (Å²) in [6.45, 7) is 0. The summed E-state index contributed by atoms with van der Waals surface area (Å²) in [6.07, 6.45) is -8.75. The maximum atomic E-state index is 14.0. The van der Waals surface area contributed by atoms with Gasteiger partial charge >= 0.3 is 12.4 Å². The standard InChI is InChI=1S/C20H14BrF6NO/c21-16-7-5-11-8-12(4-6-15(11)16)17-10-18(29-28-17,20(25,26)27)13-2-1-3-14(9-13)19(22,23)24/h1-4,6,8-9,16H,5,7,10H2. The molecule has 2 nitrogen and oxygen atoms in total. The lowest BCUT2D eigenvalue weighted by Crippen LogP contribution is -2.42. The molecule has 0 amide bonds. The average molecular weight is 478 g/mol. The molecule has 0 saturated heterocycles. The molecule has 1 aliphatic heterocycles. The van der Waals surface area contributed by atoms with E-state index in [9.17, 15) is 26.3 Å². The van der Waals surface area contributed by atoms with Crippen LogP contribution in [0.1, 0.15) is 45.5 Å². The highest BCUT2D eigenvalue weighted by Crippen LogP contribution is 2.50. The first-order valence-electron chi connectivity index (χ1n) is 8.78. The number of aryl methyl sites for hydroxylation is 1. The van der Waals surface area contributed by atoms with Crippen LogP contribution in [0.5, 0.6) is 0 Å². The van der Waals surface area contributed by atoms with Crippen molar-refractivity contribution < 1.29 is 31.2 Å². The van der Waals surface area contributed by atoms with Crippen LogP contribution in [-0.4, -0.2) is 11.9 Å². The lowest BCUT2D eigenvalue weighted by molar-refractivity contribution is -0.276. The number of rotatable bonds is 2. The molecule has 0 N–H and O–H groups in total. The summed E-state index contributed by atoms with van der Waals surface area (Å²) in [5.74, 6) is 0. The Morgan fingerprint density at radius 2 is 1.79 bits per heavy atom. The second kappa shape index (κ2) is 6.75. The highest BCUT2D eigenvalue weighted by Gasteiger charge is 2.62. The molecule has 2 aliphatic rings. The van der Waals surface area contributed by atoms with Gasteiger partial charge in [-0.05, 0) is 47.7 Å². The van der Waals surface area contributed by atoms with Crippen LogP contribution in [0.25, 0.3) is 0 Å². The quantitative estimate of drug-likeness (QED) is 0.349. The molecule has 0 bridgehead atoms. The molecule has 154 valence electrons. The first-order valence-corrected chi connectivity index (χ1v) is 9.70. The lowest BCUT2D eigenvalue weighted by Gasteiger charge is -2.30. The van der Waals surface area contributed by atoms with Gasteiger partial charge in [0.2, 0.25) is 0 Å². The van der Waals surface area contributed by atoms with Gasteiger partial charge in [0, 0.05) is 16.8 Å². The maximum absolute atomic E-state index is 14.0. The van der Waals surface area contributed by atoms with Gasteiger partial charge in [-0.3, -0.25) is 0 Å². The fraction of sp³-hybridized carbons (Fsp3) is 0.350. The first kappa shape index (κ1) is 20.3. The van der Waals surface area contributed by atoms with Crippen molar-refractivity contribution in [3.63, 3.8) is 0 Å². The minimum Gasteiger partial charge on any atom is -0.374 e. The molecule has 2 aromatic carbocycles. The van der Waals surface area contributed by atoms with E-state index < -0.39 is 35.5 Å². The van der Waals surface area contributed by atoms with E-state index in [1.807, 2.05) is 6.07 Å². The Morgan fingerprint density at radius 3 is 2.48 bits per heavy atom. The summed E-state index contributed by atoms with van der Waals surface area (Å²) in [5, 5.41) is 3.64. The largest absolute Gasteiger partial charge is 0.435 e. The molecule has 2 atom stereocenters. The molecule has 0 spiro atoms. The second-order valence-electron chi connectivity index (χ2n) is 7.13. The first-order chi connectivity index (χ1) is 13.5. The van der Waals surface area contributed by atoms with E-state index in [0.29, 0.717) is 11.6 Å². The lowest BCUT2D eigenvalue weighted by atomic mass is 9.85. The van der Waals surface area contributed by atoms with Crippen LogP contribution in [0, 0.1) is 0 Å². The third-order valence-electron chi connectivity index (χ3n) is 5.32. The topological polar surface area (TPSA) is 21.6 Å². The predicted octanol–water partition coefficient (Wildman–Crippen LogP) is 6.67. The third kappa shape index (κ3) is 3.43. The van der Waals surface area contributed by atoms with Gasteiger partial charge in [-0.2, -0.15) is 26.3 Å². The fourth-order valence-electron chi connectivity index (χ4n) is 3.75. The number of fused-ring (bicyclic) bond motifs is 1. The van der Waals surface area contributed by atoms with E-state index in [-0.39, 0.29) is 10.5 Å². The molecule has 9 heteroatoms. The van der Waals surface area contributed by atoms with Crippen molar-refractivity contribution in [2.75, 3.05) is 0 Å². The van der Waals surface area contributed by atoms with Crippen LogP contribution < -0.4 is 0 Å². The summed E-state index contributed by atoms with van der Waals surface area (Å²) >= 11 is 3.55. The summed E-state index contributed by atoms with van der Waals surface area (Å²) in [4.78, 5) is 5.05.